The van der Waals surface area contributed by atoms with Gasteiger partial charge < -0.3 is 25.7 Å². The second kappa shape index (κ2) is 11.5. The van der Waals surface area contributed by atoms with Gasteiger partial charge in [-0.05, 0) is 44.9 Å². The number of rotatable bonds is 8. The van der Waals surface area contributed by atoms with E-state index in [0.717, 1.165) is 5.56 Å². The Hall–Kier alpha value is -3.41. The lowest BCUT2D eigenvalue weighted by atomic mass is 9.96. The highest BCUT2D eigenvalue weighted by atomic mass is 32.2. The van der Waals surface area contributed by atoms with E-state index in [4.69, 9.17) is 0 Å². The molecular formula is C27H30N4O5S2. The van der Waals surface area contributed by atoms with Gasteiger partial charge in [-0.1, -0.05) is 36.4 Å². The number of aliphatic hydroxyl groups is 1. The van der Waals surface area contributed by atoms with Crippen molar-refractivity contribution in [3.8, 4) is 5.75 Å². The maximum Gasteiger partial charge on any atom is 0.254 e. The fourth-order valence-corrected chi connectivity index (χ4v) is 6.11. The van der Waals surface area contributed by atoms with Crippen LogP contribution in [-0.4, -0.2) is 66.6 Å². The summed E-state index contributed by atoms with van der Waals surface area (Å²) in [6.07, 6.45) is 0.131. The number of amides is 3. The number of hydrogen-bond donors (Lipinski definition) is 4. The smallest absolute Gasteiger partial charge is 0.254 e. The number of hydrogen-bond acceptors (Lipinski definition) is 8. The van der Waals surface area contributed by atoms with Crippen molar-refractivity contribution in [2.45, 2.75) is 50.1 Å². The largest absolute Gasteiger partial charge is 0.508 e. The lowest BCUT2D eigenvalue weighted by molar-refractivity contribution is -0.146. The van der Waals surface area contributed by atoms with Gasteiger partial charge in [-0.2, -0.15) is 0 Å². The number of benzene rings is 2. The Kier molecular flexibility index (Phi) is 8.39. The summed E-state index contributed by atoms with van der Waals surface area (Å²) in [5, 5.41) is 29.1. The molecule has 4 rings (SSSR count). The van der Waals surface area contributed by atoms with Crippen molar-refractivity contribution in [3.63, 3.8) is 0 Å². The van der Waals surface area contributed by atoms with Crippen LogP contribution in [0.1, 0.15) is 35.3 Å². The SMILES string of the molecule is Cc1c(O)cccc1C(=O)N[C@@H](Cc1ccccc1)[C@H](O)C(=O)N1CSC(C)(C)[C@H]1C(=O)Nc1nccs1. The highest BCUT2D eigenvalue weighted by molar-refractivity contribution is 8.00. The van der Waals surface area contributed by atoms with E-state index >= 15 is 0 Å². The zero-order valence-corrected chi connectivity index (χ0v) is 22.9. The third-order valence-corrected chi connectivity index (χ3v) is 8.60. The summed E-state index contributed by atoms with van der Waals surface area (Å²) >= 11 is 2.70. The summed E-state index contributed by atoms with van der Waals surface area (Å²) in [6.45, 7) is 5.36. The first-order valence-corrected chi connectivity index (χ1v) is 13.9. The zero-order chi connectivity index (χ0) is 27.4. The van der Waals surface area contributed by atoms with Crippen LogP contribution in [0.4, 0.5) is 5.13 Å². The molecular weight excluding hydrogens is 524 g/mol. The Morgan fingerprint density at radius 1 is 1.16 bits per heavy atom. The van der Waals surface area contributed by atoms with Crippen LogP contribution in [0.3, 0.4) is 0 Å². The maximum absolute atomic E-state index is 13.7. The molecule has 0 spiro atoms. The number of nitrogens with zero attached hydrogens (tertiary/aromatic N) is 2. The fraction of sp³-hybridized carbons (Fsp3) is 0.333. The van der Waals surface area contributed by atoms with Gasteiger partial charge in [0.2, 0.25) is 5.91 Å². The fourth-order valence-electron chi connectivity index (χ4n) is 4.44. The molecule has 11 heteroatoms. The zero-order valence-electron chi connectivity index (χ0n) is 21.2. The quantitative estimate of drug-likeness (QED) is 0.336. The number of nitrogens with one attached hydrogen (secondary N) is 2. The molecule has 3 aromatic rings. The van der Waals surface area contributed by atoms with Crippen molar-refractivity contribution in [2.75, 3.05) is 11.2 Å². The van der Waals surface area contributed by atoms with Gasteiger partial charge in [0.1, 0.15) is 11.8 Å². The van der Waals surface area contributed by atoms with Crippen molar-refractivity contribution in [1.82, 2.24) is 15.2 Å². The number of phenolic OH excluding ortho intramolecular Hbond substituents is 1. The number of aromatic hydroxyl groups is 1. The molecule has 0 saturated carbocycles. The number of carbonyl (C=O) groups excluding carboxylic acids is 3. The van der Waals surface area contributed by atoms with Crippen molar-refractivity contribution in [3.05, 3.63) is 76.8 Å². The number of thioether (sulfide) groups is 1. The first kappa shape index (κ1) is 27.6. The van der Waals surface area contributed by atoms with Crippen LogP contribution in [0.2, 0.25) is 0 Å². The Morgan fingerprint density at radius 3 is 2.58 bits per heavy atom. The standard InChI is InChI=1S/C27H30N4O5S2/c1-16-18(10-7-11-20(16)32)23(34)29-19(14-17-8-5-4-6-9-17)21(33)25(36)31-15-38-27(2,3)22(31)24(35)30-26-28-12-13-37-26/h4-13,19,21-22,32-33H,14-15H2,1-3H3,(H,29,34)(H,28,30,35)/t19-,21-,22+/m0/s1. The van der Waals surface area contributed by atoms with Crippen molar-refractivity contribution >= 4 is 46.0 Å². The molecule has 200 valence electrons. The van der Waals surface area contributed by atoms with E-state index in [-0.39, 0.29) is 23.6 Å². The predicted octanol–water partition coefficient (Wildman–Crippen LogP) is 3.18. The van der Waals surface area contributed by atoms with E-state index in [1.54, 1.807) is 30.6 Å². The first-order valence-electron chi connectivity index (χ1n) is 12.0. The highest BCUT2D eigenvalue weighted by Crippen LogP contribution is 2.40. The normalized spacial score (nSPS) is 18.0. The molecule has 4 N–H and O–H groups in total. The van der Waals surface area contributed by atoms with E-state index < -0.39 is 40.7 Å². The molecule has 2 heterocycles. The molecule has 1 aliphatic heterocycles. The Balaban J connectivity index is 1.59. The van der Waals surface area contributed by atoms with Crippen molar-refractivity contribution in [1.29, 1.82) is 0 Å². The average Bonchev–Trinajstić information content (AvgIpc) is 3.51. The van der Waals surface area contributed by atoms with Crippen LogP contribution in [-0.2, 0) is 16.0 Å². The van der Waals surface area contributed by atoms with E-state index in [0.29, 0.717) is 10.7 Å². The number of carbonyl (C=O) groups is 3. The highest BCUT2D eigenvalue weighted by Gasteiger charge is 2.50. The third-order valence-electron chi connectivity index (χ3n) is 6.54. The van der Waals surface area contributed by atoms with Crippen LogP contribution in [0, 0.1) is 6.92 Å². The van der Waals surface area contributed by atoms with Gasteiger partial charge in [0.25, 0.3) is 11.8 Å². The lowest BCUT2D eigenvalue weighted by Gasteiger charge is -2.33. The molecule has 9 nitrogen and oxygen atoms in total. The Bertz CT molecular complexity index is 1300. The number of aliphatic hydroxyl groups excluding tert-OH is 1. The number of phenols is 1. The van der Waals surface area contributed by atoms with Gasteiger partial charge in [-0.3, -0.25) is 14.4 Å². The molecule has 3 atom stereocenters. The minimum atomic E-state index is -1.62. The molecule has 1 aliphatic rings. The summed E-state index contributed by atoms with van der Waals surface area (Å²) < 4.78 is -0.617. The first-order chi connectivity index (χ1) is 18.1. The molecule has 0 bridgehead atoms. The van der Waals surface area contributed by atoms with Crippen LogP contribution < -0.4 is 10.6 Å². The molecule has 2 aromatic carbocycles. The van der Waals surface area contributed by atoms with Crippen LogP contribution in [0.5, 0.6) is 5.75 Å². The number of thiazole rings is 1. The topological polar surface area (TPSA) is 132 Å². The van der Waals surface area contributed by atoms with Crippen LogP contribution in [0.15, 0.2) is 60.1 Å². The minimum Gasteiger partial charge on any atom is -0.508 e. The molecule has 38 heavy (non-hydrogen) atoms. The molecule has 1 aromatic heterocycles. The summed E-state index contributed by atoms with van der Waals surface area (Å²) in [6, 6.07) is 12.0. The van der Waals surface area contributed by atoms with E-state index in [2.05, 4.69) is 15.6 Å². The molecule has 1 saturated heterocycles. The monoisotopic (exact) mass is 554 g/mol. The van der Waals surface area contributed by atoms with E-state index in [1.165, 1.54) is 34.1 Å². The van der Waals surface area contributed by atoms with Gasteiger partial charge in [0.05, 0.1) is 11.9 Å². The van der Waals surface area contributed by atoms with Gasteiger partial charge in [-0.15, -0.1) is 23.1 Å². The summed E-state index contributed by atoms with van der Waals surface area (Å²) in [4.78, 5) is 45.6. The van der Waals surface area contributed by atoms with E-state index in [1.807, 2.05) is 44.2 Å². The van der Waals surface area contributed by atoms with Gasteiger partial charge in [0.15, 0.2) is 11.2 Å². The molecule has 1 fully saturated rings. The van der Waals surface area contributed by atoms with Crippen LogP contribution >= 0.6 is 23.1 Å². The predicted molar refractivity (Wildman–Crippen MR) is 148 cm³/mol. The van der Waals surface area contributed by atoms with Crippen LogP contribution in [0.25, 0.3) is 0 Å². The lowest BCUT2D eigenvalue weighted by Crippen LogP contribution is -2.57. The Labute approximate surface area is 229 Å². The summed E-state index contributed by atoms with van der Waals surface area (Å²) in [7, 11) is 0. The third kappa shape index (κ3) is 6.01. The maximum atomic E-state index is 13.7. The molecule has 0 aliphatic carbocycles. The number of aromatic nitrogens is 1. The van der Waals surface area contributed by atoms with Crippen molar-refractivity contribution < 1.29 is 24.6 Å². The molecule has 3 amide bonds. The average molecular weight is 555 g/mol. The Morgan fingerprint density at radius 2 is 1.89 bits per heavy atom. The van der Waals surface area contributed by atoms with Gasteiger partial charge in [0, 0.05) is 27.5 Å². The molecule has 0 unspecified atom stereocenters. The second-order valence-electron chi connectivity index (χ2n) is 9.58. The summed E-state index contributed by atoms with van der Waals surface area (Å²) in [5.74, 6) is -1.40. The summed E-state index contributed by atoms with van der Waals surface area (Å²) in [5.41, 5.74) is 1.44. The van der Waals surface area contributed by atoms with E-state index in [9.17, 15) is 24.6 Å². The second-order valence-corrected chi connectivity index (χ2v) is 12.1. The van der Waals surface area contributed by atoms with Gasteiger partial charge in [-0.25, -0.2) is 4.98 Å². The minimum absolute atomic E-state index is 0.0284. The van der Waals surface area contributed by atoms with Crippen molar-refractivity contribution in [2.24, 2.45) is 0 Å². The van der Waals surface area contributed by atoms with Gasteiger partial charge >= 0.3 is 0 Å². The molecule has 0 radical (unpaired) electrons. The number of anilines is 1.